The van der Waals surface area contributed by atoms with E-state index in [2.05, 4.69) is 39.7 Å². The second-order valence-electron chi connectivity index (χ2n) is 5.52. The maximum absolute atomic E-state index is 10.5. The van der Waals surface area contributed by atoms with Gasteiger partial charge in [0.25, 0.3) is 0 Å². The first-order valence-electron chi connectivity index (χ1n) is 6.76. The minimum absolute atomic E-state index is 0.0643. The van der Waals surface area contributed by atoms with Crippen molar-refractivity contribution >= 4 is 17.0 Å². The number of nitrogens with zero attached hydrogens (tertiary/aromatic N) is 1. The van der Waals surface area contributed by atoms with Crippen molar-refractivity contribution in [1.29, 1.82) is 0 Å². The summed E-state index contributed by atoms with van der Waals surface area (Å²) in [5.41, 5.74) is 4.01. The van der Waals surface area contributed by atoms with Crippen LogP contribution in [0.3, 0.4) is 0 Å². The number of rotatable bonds is 1. The Kier molecular flexibility index (Phi) is 2.34. The summed E-state index contributed by atoms with van der Waals surface area (Å²) in [6.07, 6.45) is 5.82. The van der Waals surface area contributed by atoms with Gasteiger partial charge in [-0.3, -0.25) is 0 Å². The molecule has 4 nitrogen and oxygen atoms in total. The molecule has 0 radical (unpaired) electrons. The van der Waals surface area contributed by atoms with Crippen LogP contribution >= 0.6 is 0 Å². The lowest BCUT2D eigenvalue weighted by molar-refractivity contribution is 0.316. The molecule has 96 valence electrons. The molecule has 1 aliphatic heterocycles. The quantitative estimate of drug-likeness (QED) is 0.602. The number of aliphatic imine (C=N–C) groups is 1. The molecule has 2 heterocycles. The molecule has 1 fully saturated rings. The molecule has 1 aromatic heterocycles. The molecule has 0 saturated carbocycles. The maximum Gasteiger partial charge on any atom is 0.235 e. The molecule has 1 aromatic carbocycles. The number of isocyanates is 1. The molecule has 0 spiro atoms. The summed E-state index contributed by atoms with van der Waals surface area (Å²) < 4.78 is 0. The first kappa shape index (κ1) is 11.0. The summed E-state index contributed by atoms with van der Waals surface area (Å²) >= 11 is 0. The molecular weight excluding hydrogens is 238 g/mol. The van der Waals surface area contributed by atoms with Crippen LogP contribution in [-0.4, -0.2) is 29.7 Å². The average molecular weight is 253 g/mol. The molecule has 1 aliphatic carbocycles. The van der Waals surface area contributed by atoms with Crippen LogP contribution in [0.15, 0.2) is 29.4 Å². The third-order valence-corrected chi connectivity index (χ3v) is 4.52. The number of hydrogen-bond donors (Lipinski definition) is 2. The maximum atomic E-state index is 10.5. The number of benzene rings is 1. The molecule has 2 N–H and O–H groups in total. The highest BCUT2D eigenvalue weighted by atomic mass is 16.1. The average Bonchev–Trinajstić information content (AvgIpc) is 2.85. The normalized spacial score (nSPS) is 28.7. The van der Waals surface area contributed by atoms with Crippen molar-refractivity contribution in [2.75, 3.05) is 6.54 Å². The van der Waals surface area contributed by atoms with Crippen molar-refractivity contribution in [1.82, 2.24) is 10.3 Å². The smallest absolute Gasteiger partial charge is 0.235 e. The Bertz CT molecular complexity index is 684. The third-order valence-electron chi connectivity index (χ3n) is 4.52. The molecule has 3 atom stereocenters. The van der Waals surface area contributed by atoms with E-state index in [4.69, 9.17) is 0 Å². The zero-order valence-electron chi connectivity index (χ0n) is 10.5. The monoisotopic (exact) mass is 253 g/mol. The Morgan fingerprint density at radius 3 is 3.21 bits per heavy atom. The fraction of sp³-hybridized carbons (Fsp3) is 0.400. The van der Waals surface area contributed by atoms with Gasteiger partial charge in [0, 0.05) is 35.6 Å². The van der Waals surface area contributed by atoms with Crippen molar-refractivity contribution in [3.8, 4) is 0 Å². The van der Waals surface area contributed by atoms with Crippen molar-refractivity contribution in [3.05, 3.63) is 35.5 Å². The largest absolute Gasteiger partial charge is 0.361 e. The lowest BCUT2D eigenvalue weighted by atomic mass is 9.75. The molecule has 1 saturated heterocycles. The van der Waals surface area contributed by atoms with Crippen LogP contribution < -0.4 is 5.32 Å². The van der Waals surface area contributed by atoms with E-state index in [9.17, 15) is 4.79 Å². The number of carbonyl (C=O) groups excluding carboxylic acids is 1. The number of H-pyrrole nitrogens is 1. The Labute approximate surface area is 110 Å². The van der Waals surface area contributed by atoms with E-state index in [1.807, 2.05) is 0 Å². The van der Waals surface area contributed by atoms with Crippen LogP contribution in [0.5, 0.6) is 0 Å². The second kappa shape index (κ2) is 4.05. The highest BCUT2D eigenvalue weighted by Gasteiger charge is 2.36. The van der Waals surface area contributed by atoms with E-state index in [0.29, 0.717) is 12.0 Å². The molecule has 4 heteroatoms. The van der Waals surface area contributed by atoms with Crippen LogP contribution in [0.4, 0.5) is 0 Å². The van der Waals surface area contributed by atoms with Crippen molar-refractivity contribution < 1.29 is 4.79 Å². The van der Waals surface area contributed by atoms with Gasteiger partial charge in [0.2, 0.25) is 6.08 Å². The van der Waals surface area contributed by atoms with E-state index in [0.717, 1.165) is 19.4 Å². The van der Waals surface area contributed by atoms with Crippen molar-refractivity contribution in [2.24, 2.45) is 4.99 Å². The molecule has 2 aliphatic rings. The molecule has 0 amide bonds. The van der Waals surface area contributed by atoms with E-state index in [1.54, 1.807) is 6.08 Å². The van der Waals surface area contributed by atoms with E-state index in [-0.39, 0.29) is 6.04 Å². The standard InChI is InChI=1S/C15H15N3O/c19-8-18-10-5-12-11-2-1-3-13-15(11)9(6-16-13)4-14(12)17-7-10/h1-3,6,10,12,14,16-17H,4-5,7H2/t10?,12-,14-/m1/s1. The van der Waals surface area contributed by atoms with Crippen LogP contribution in [-0.2, 0) is 11.2 Å². The number of nitrogens with one attached hydrogen (secondary N) is 2. The van der Waals surface area contributed by atoms with Gasteiger partial charge in [-0.1, -0.05) is 12.1 Å². The van der Waals surface area contributed by atoms with Gasteiger partial charge < -0.3 is 10.3 Å². The third kappa shape index (κ3) is 1.57. The Morgan fingerprint density at radius 2 is 2.32 bits per heavy atom. The number of fused-ring (bicyclic) bond motifs is 2. The van der Waals surface area contributed by atoms with Gasteiger partial charge >= 0.3 is 0 Å². The SMILES string of the molecule is O=C=NC1CN[C@@H]2Cc3c[nH]c4cccc(c34)[C@H]2C1. The van der Waals surface area contributed by atoms with Gasteiger partial charge in [-0.05, 0) is 30.0 Å². The fourth-order valence-electron chi connectivity index (χ4n) is 3.69. The van der Waals surface area contributed by atoms with Crippen LogP contribution in [0.2, 0.25) is 0 Å². The zero-order chi connectivity index (χ0) is 12.8. The topological polar surface area (TPSA) is 57.2 Å². The molecule has 0 bridgehead atoms. The lowest BCUT2D eigenvalue weighted by Crippen LogP contribution is -2.48. The molecular formula is C15H15N3O. The second-order valence-corrected chi connectivity index (χ2v) is 5.52. The van der Waals surface area contributed by atoms with Crippen LogP contribution in [0.1, 0.15) is 23.5 Å². The van der Waals surface area contributed by atoms with Crippen LogP contribution in [0, 0.1) is 0 Å². The number of aromatic amines is 1. The number of piperidine rings is 1. The minimum Gasteiger partial charge on any atom is -0.361 e. The summed E-state index contributed by atoms with van der Waals surface area (Å²) in [4.78, 5) is 17.7. The zero-order valence-corrected chi connectivity index (χ0v) is 10.5. The fourth-order valence-corrected chi connectivity index (χ4v) is 3.69. The summed E-state index contributed by atoms with van der Waals surface area (Å²) in [5.74, 6) is 0.447. The summed E-state index contributed by atoms with van der Waals surface area (Å²) in [7, 11) is 0. The van der Waals surface area contributed by atoms with Gasteiger partial charge in [-0.25, -0.2) is 9.79 Å². The minimum atomic E-state index is 0.0643. The highest BCUT2D eigenvalue weighted by molar-refractivity contribution is 5.88. The first-order chi connectivity index (χ1) is 9.36. The Morgan fingerprint density at radius 1 is 1.37 bits per heavy atom. The summed E-state index contributed by atoms with van der Waals surface area (Å²) in [6.45, 7) is 0.784. The summed E-state index contributed by atoms with van der Waals surface area (Å²) in [6, 6.07) is 6.97. The predicted octanol–water partition coefficient (Wildman–Crippen LogP) is 1.87. The summed E-state index contributed by atoms with van der Waals surface area (Å²) in [5, 5.41) is 4.92. The molecule has 19 heavy (non-hydrogen) atoms. The van der Waals surface area contributed by atoms with Gasteiger partial charge in [-0.15, -0.1) is 0 Å². The van der Waals surface area contributed by atoms with Crippen molar-refractivity contribution in [2.45, 2.75) is 30.8 Å². The van der Waals surface area contributed by atoms with E-state index in [1.165, 1.54) is 22.0 Å². The lowest BCUT2D eigenvalue weighted by Gasteiger charge is -2.38. The molecule has 4 rings (SSSR count). The van der Waals surface area contributed by atoms with Gasteiger partial charge in [0.05, 0.1) is 6.04 Å². The predicted molar refractivity (Wildman–Crippen MR) is 73.1 cm³/mol. The highest BCUT2D eigenvalue weighted by Crippen LogP contribution is 2.40. The van der Waals surface area contributed by atoms with E-state index < -0.39 is 0 Å². The van der Waals surface area contributed by atoms with Gasteiger partial charge in [0.15, 0.2) is 0 Å². The Hall–Kier alpha value is -1.90. The van der Waals surface area contributed by atoms with E-state index >= 15 is 0 Å². The first-order valence-corrected chi connectivity index (χ1v) is 6.76. The van der Waals surface area contributed by atoms with Crippen LogP contribution in [0.25, 0.3) is 10.9 Å². The number of aromatic nitrogens is 1. The Balaban J connectivity index is 1.82. The van der Waals surface area contributed by atoms with Gasteiger partial charge in [0.1, 0.15) is 0 Å². The number of hydrogen-bond acceptors (Lipinski definition) is 3. The van der Waals surface area contributed by atoms with Gasteiger partial charge in [-0.2, -0.15) is 0 Å². The molecule has 2 aromatic rings. The molecule has 1 unspecified atom stereocenters. The van der Waals surface area contributed by atoms with Crippen molar-refractivity contribution in [3.63, 3.8) is 0 Å².